The highest BCUT2D eigenvalue weighted by molar-refractivity contribution is 5.96. The van der Waals surface area contributed by atoms with Gasteiger partial charge >= 0.3 is 5.97 Å². The maximum Gasteiger partial charge on any atom is 0.326 e. The zero-order valence-corrected chi connectivity index (χ0v) is 11.6. The number of carboxylic acid groups (broad SMARTS) is 1. The average Bonchev–Trinajstić information content (AvgIpc) is 2.43. The van der Waals surface area contributed by atoms with E-state index >= 15 is 0 Å². The third kappa shape index (κ3) is 4.85. The van der Waals surface area contributed by atoms with Gasteiger partial charge in [-0.1, -0.05) is 24.3 Å². The van der Waals surface area contributed by atoms with Gasteiger partial charge in [-0.05, 0) is 31.0 Å². The molecule has 1 aromatic rings. The number of rotatable bonds is 7. The van der Waals surface area contributed by atoms with Crippen LogP contribution in [0.4, 0.5) is 0 Å². The minimum absolute atomic E-state index is 0.259. The van der Waals surface area contributed by atoms with Gasteiger partial charge in [-0.2, -0.15) is 0 Å². The Hall–Kier alpha value is -2.14. The number of hydrogen-bond acceptors (Lipinski definition) is 3. The van der Waals surface area contributed by atoms with E-state index in [0.29, 0.717) is 12.2 Å². The Morgan fingerprint density at radius 2 is 2.20 bits per heavy atom. The number of aliphatic carboxylic acids is 1. The molecule has 0 aliphatic carbocycles. The molecule has 0 saturated heterocycles. The largest absolute Gasteiger partial charge is 0.480 e. The van der Waals surface area contributed by atoms with E-state index in [1.807, 2.05) is 6.07 Å². The molecule has 0 saturated carbocycles. The molecule has 1 aromatic carbocycles. The quantitative estimate of drug-likeness (QED) is 0.747. The number of amides is 1. The molecule has 0 heterocycles. The van der Waals surface area contributed by atoms with Gasteiger partial charge in [-0.25, -0.2) is 4.79 Å². The maximum atomic E-state index is 12.0. The molecular weight excluding hydrogens is 258 g/mol. The van der Waals surface area contributed by atoms with Crippen LogP contribution in [0.15, 0.2) is 36.4 Å². The molecule has 0 aliphatic rings. The van der Waals surface area contributed by atoms with Crippen LogP contribution in [0.2, 0.25) is 0 Å². The van der Waals surface area contributed by atoms with Gasteiger partial charge in [-0.3, -0.25) is 4.79 Å². The standard InChI is InChI=1S/C15H19NO4/c1-3-4-8-13(15(18)19)16-14(17)12-7-5-6-11(9-12)10-20-2/h3-7,9,13H,8,10H2,1-2H3,(H,16,17)(H,18,19)/b4-3+. The van der Waals surface area contributed by atoms with Crippen LogP contribution in [0.5, 0.6) is 0 Å². The predicted molar refractivity (Wildman–Crippen MR) is 75.5 cm³/mol. The van der Waals surface area contributed by atoms with Crippen molar-refractivity contribution < 1.29 is 19.4 Å². The first-order valence-corrected chi connectivity index (χ1v) is 6.31. The Bertz CT molecular complexity index is 496. The second-order valence-corrected chi connectivity index (χ2v) is 4.30. The van der Waals surface area contributed by atoms with Gasteiger partial charge in [0, 0.05) is 12.7 Å². The van der Waals surface area contributed by atoms with Gasteiger partial charge < -0.3 is 15.2 Å². The molecule has 0 aromatic heterocycles. The van der Waals surface area contributed by atoms with Crippen LogP contribution in [0.3, 0.4) is 0 Å². The fourth-order valence-electron chi connectivity index (χ4n) is 1.70. The SMILES string of the molecule is C/C=C/CC(NC(=O)c1cccc(COC)c1)C(=O)O. The lowest BCUT2D eigenvalue weighted by molar-refractivity contribution is -0.139. The lowest BCUT2D eigenvalue weighted by Gasteiger charge is -2.13. The van der Waals surface area contributed by atoms with Gasteiger partial charge in [0.1, 0.15) is 6.04 Å². The summed E-state index contributed by atoms with van der Waals surface area (Å²) in [5.41, 5.74) is 1.28. The van der Waals surface area contributed by atoms with Crippen molar-refractivity contribution in [1.29, 1.82) is 0 Å². The van der Waals surface area contributed by atoms with E-state index in [9.17, 15) is 9.59 Å². The lowest BCUT2D eigenvalue weighted by atomic mass is 10.1. The Morgan fingerprint density at radius 3 is 2.80 bits per heavy atom. The molecule has 2 N–H and O–H groups in total. The minimum atomic E-state index is -1.05. The van der Waals surface area contributed by atoms with Crippen LogP contribution in [0.25, 0.3) is 0 Å². The van der Waals surface area contributed by atoms with Crippen molar-refractivity contribution in [1.82, 2.24) is 5.32 Å². The molecule has 1 rings (SSSR count). The number of carboxylic acids is 1. The van der Waals surface area contributed by atoms with Crippen molar-refractivity contribution in [3.05, 3.63) is 47.5 Å². The average molecular weight is 277 g/mol. The smallest absolute Gasteiger partial charge is 0.326 e. The summed E-state index contributed by atoms with van der Waals surface area (Å²) in [6, 6.07) is 5.99. The van der Waals surface area contributed by atoms with E-state index in [-0.39, 0.29) is 6.42 Å². The highest BCUT2D eigenvalue weighted by Gasteiger charge is 2.19. The molecule has 5 heteroatoms. The van der Waals surface area contributed by atoms with Gasteiger partial charge in [-0.15, -0.1) is 0 Å². The van der Waals surface area contributed by atoms with E-state index in [1.165, 1.54) is 0 Å². The normalized spacial score (nSPS) is 12.3. The molecule has 20 heavy (non-hydrogen) atoms. The second-order valence-electron chi connectivity index (χ2n) is 4.30. The summed E-state index contributed by atoms with van der Waals surface area (Å²) in [5, 5.41) is 11.6. The molecule has 5 nitrogen and oxygen atoms in total. The van der Waals surface area contributed by atoms with Crippen LogP contribution < -0.4 is 5.32 Å². The third-order valence-corrected chi connectivity index (χ3v) is 2.71. The van der Waals surface area contributed by atoms with Crippen molar-refractivity contribution in [2.24, 2.45) is 0 Å². The minimum Gasteiger partial charge on any atom is -0.480 e. The number of hydrogen-bond donors (Lipinski definition) is 2. The van der Waals surface area contributed by atoms with Crippen molar-refractivity contribution in [3.63, 3.8) is 0 Å². The van der Waals surface area contributed by atoms with E-state index in [2.05, 4.69) is 5.32 Å². The number of nitrogens with one attached hydrogen (secondary N) is 1. The Morgan fingerprint density at radius 1 is 1.45 bits per heavy atom. The first kappa shape index (κ1) is 15.9. The fraction of sp³-hybridized carbons (Fsp3) is 0.333. The van der Waals surface area contributed by atoms with E-state index in [0.717, 1.165) is 5.56 Å². The highest BCUT2D eigenvalue weighted by Crippen LogP contribution is 2.07. The van der Waals surface area contributed by atoms with Crippen molar-refractivity contribution in [2.75, 3.05) is 7.11 Å². The van der Waals surface area contributed by atoms with E-state index in [1.54, 1.807) is 44.4 Å². The van der Waals surface area contributed by atoms with Crippen LogP contribution in [0, 0.1) is 0 Å². The van der Waals surface area contributed by atoms with Gasteiger partial charge in [0.2, 0.25) is 0 Å². The molecule has 1 atom stereocenters. The summed E-state index contributed by atoms with van der Waals surface area (Å²) in [6.07, 6.45) is 3.72. The first-order chi connectivity index (χ1) is 9.58. The number of carbonyl (C=O) groups is 2. The Balaban J connectivity index is 2.77. The van der Waals surface area contributed by atoms with Crippen molar-refractivity contribution in [3.8, 4) is 0 Å². The predicted octanol–water partition coefficient (Wildman–Crippen LogP) is 1.98. The summed E-state index contributed by atoms with van der Waals surface area (Å²) in [4.78, 5) is 23.1. The van der Waals surface area contributed by atoms with Gasteiger partial charge in [0.05, 0.1) is 6.61 Å². The summed E-state index contributed by atoms with van der Waals surface area (Å²) in [6.45, 7) is 2.21. The summed E-state index contributed by atoms with van der Waals surface area (Å²) >= 11 is 0. The van der Waals surface area contributed by atoms with Crippen LogP contribution in [0.1, 0.15) is 29.3 Å². The van der Waals surface area contributed by atoms with Gasteiger partial charge in [0.25, 0.3) is 5.91 Å². The summed E-state index contributed by atoms with van der Waals surface area (Å²) < 4.78 is 5.00. The molecule has 0 bridgehead atoms. The third-order valence-electron chi connectivity index (χ3n) is 2.71. The molecule has 0 radical (unpaired) electrons. The van der Waals surface area contributed by atoms with E-state index < -0.39 is 17.9 Å². The Labute approximate surface area is 118 Å². The van der Waals surface area contributed by atoms with Crippen LogP contribution in [-0.4, -0.2) is 30.1 Å². The number of allylic oxidation sites excluding steroid dienone is 1. The number of methoxy groups -OCH3 is 1. The zero-order valence-electron chi connectivity index (χ0n) is 11.6. The van der Waals surface area contributed by atoms with Gasteiger partial charge in [0.15, 0.2) is 0 Å². The monoisotopic (exact) mass is 277 g/mol. The number of carbonyl (C=O) groups excluding carboxylic acids is 1. The summed E-state index contributed by atoms with van der Waals surface area (Å²) in [7, 11) is 1.57. The number of ether oxygens (including phenoxy) is 1. The second kappa shape index (κ2) is 8.12. The van der Waals surface area contributed by atoms with Crippen LogP contribution in [-0.2, 0) is 16.1 Å². The molecule has 1 amide bonds. The van der Waals surface area contributed by atoms with Crippen LogP contribution >= 0.6 is 0 Å². The summed E-state index contributed by atoms with van der Waals surface area (Å²) in [5.74, 6) is -1.45. The molecule has 108 valence electrons. The Kier molecular flexibility index (Phi) is 6.46. The first-order valence-electron chi connectivity index (χ1n) is 6.31. The van der Waals surface area contributed by atoms with E-state index in [4.69, 9.17) is 9.84 Å². The lowest BCUT2D eigenvalue weighted by Crippen LogP contribution is -2.40. The highest BCUT2D eigenvalue weighted by atomic mass is 16.5. The fourth-order valence-corrected chi connectivity index (χ4v) is 1.70. The molecule has 0 spiro atoms. The molecule has 0 aliphatic heterocycles. The van der Waals surface area contributed by atoms with Crippen molar-refractivity contribution >= 4 is 11.9 Å². The number of benzene rings is 1. The van der Waals surface area contributed by atoms with Crippen molar-refractivity contribution in [2.45, 2.75) is 26.0 Å². The molecule has 1 unspecified atom stereocenters. The maximum absolute atomic E-state index is 12.0. The molecule has 0 fully saturated rings. The zero-order chi connectivity index (χ0) is 15.0. The topological polar surface area (TPSA) is 75.6 Å². The molecular formula is C15H19NO4.